The molecule has 1 aromatic heterocycles. The molecule has 2 unspecified atom stereocenters. The van der Waals surface area contributed by atoms with E-state index in [9.17, 15) is 5.11 Å². The summed E-state index contributed by atoms with van der Waals surface area (Å²) in [6, 6.07) is 2.84. The van der Waals surface area contributed by atoms with Crippen LogP contribution in [0.2, 0.25) is 0 Å². The van der Waals surface area contributed by atoms with Gasteiger partial charge in [0.25, 0.3) is 0 Å². The highest BCUT2D eigenvalue weighted by Crippen LogP contribution is 2.49. The van der Waals surface area contributed by atoms with Crippen molar-refractivity contribution in [2.75, 3.05) is 0 Å². The van der Waals surface area contributed by atoms with Gasteiger partial charge >= 0.3 is 0 Å². The van der Waals surface area contributed by atoms with E-state index in [0.29, 0.717) is 11.5 Å². The van der Waals surface area contributed by atoms with Crippen molar-refractivity contribution in [2.24, 2.45) is 10.8 Å². The fourth-order valence-electron chi connectivity index (χ4n) is 4.75. The molecule has 118 valence electrons. The van der Waals surface area contributed by atoms with Gasteiger partial charge in [0.1, 0.15) is 0 Å². The van der Waals surface area contributed by atoms with E-state index in [-0.39, 0.29) is 11.5 Å². The minimum absolute atomic E-state index is 0.202. The van der Waals surface area contributed by atoms with E-state index >= 15 is 0 Å². The van der Waals surface area contributed by atoms with Gasteiger partial charge in [0.15, 0.2) is 0 Å². The van der Waals surface area contributed by atoms with Crippen molar-refractivity contribution in [2.45, 2.75) is 85.3 Å². The second kappa shape index (κ2) is 4.87. The van der Waals surface area contributed by atoms with E-state index in [1.807, 2.05) is 0 Å². The van der Waals surface area contributed by atoms with Gasteiger partial charge in [-0.3, -0.25) is 0 Å². The summed E-state index contributed by atoms with van der Waals surface area (Å²) in [7, 11) is 0. The van der Waals surface area contributed by atoms with E-state index in [1.165, 1.54) is 42.6 Å². The predicted molar refractivity (Wildman–Crippen MR) is 87.5 cm³/mol. The summed E-state index contributed by atoms with van der Waals surface area (Å²) in [5.41, 5.74) is 4.52. The third kappa shape index (κ3) is 2.56. The zero-order valence-corrected chi connectivity index (χ0v) is 14.4. The topological polar surface area (TPSA) is 25.2 Å². The molecule has 0 spiro atoms. The second-order valence-corrected chi connectivity index (χ2v) is 8.87. The molecule has 0 amide bonds. The van der Waals surface area contributed by atoms with Crippen molar-refractivity contribution in [1.82, 2.24) is 4.57 Å². The van der Waals surface area contributed by atoms with Gasteiger partial charge in [0.2, 0.25) is 0 Å². The minimum atomic E-state index is -0.282. The van der Waals surface area contributed by atoms with E-state index in [0.717, 1.165) is 12.8 Å². The summed E-state index contributed by atoms with van der Waals surface area (Å²) >= 11 is 0. The number of aromatic nitrogens is 1. The van der Waals surface area contributed by atoms with Crippen LogP contribution in [0.1, 0.15) is 88.9 Å². The van der Waals surface area contributed by atoms with Gasteiger partial charge < -0.3 is 9.67 Å². The first-order valence-electron chi connectivity index (χ1n) is 8.60. The Balaban J connectivity index is 2.08. The van der Waals surface area contributed by atoms with Crippen LogP contribution in [0, 0.1) is 17.8 Å². The first-order valence-corrected chi connectivity index (χ1v) is 8.60. The van der Waals surface area contributed by atoms with Gasteiger partial charge in [-0.25, -0.2) is 0 Å². The Morgan fingerprint density at radius 1 is 1.19 bits per heavy atom. The molecule has 1 N–H and O–H groups in total. The summed E-state index contributed by atoms with van der Waals surface area (Å²) in [4.78, 5) is 0. The highest BCUT2D eigenvalue weighted by atomic mass is 16.3. The zero-order valence-electron chi connectivity index (χ0n) is 14.4. The molecular formula is C19H31NO. The lowest BCUT2D eigenvalue weighted by Gasteiger charge is -2.43. The lowest BCUT2D eigenvalue weighted by molar-refractivity contribution is 0.0913. The molecule has 1 saturated carbocycles. The first-order chi connectivity index (χ1) is 9.71. The Hall–Kier alpha value is -0.760. The molecule has 0 bridgehead atoms. The van der Waals surface area contributed by atoms with E-state index < -0.39 is 0 Å². The average molecular weight is 289 g/mol. The molecule has 0 aliphatic heterocycles. The molecule has 2 atom stereocenters. The molecule has 2 aliphatic carbocycles. The van der Waals surface area contributed by atoms with Crippen LogP contribution < -0.4 is 0 Å². The Kier molecular flexibility index (Phi) is 3.52. The summed E-state index contributed by atoms with van der Waals surface area (Å²) in [6.07, 6.45) is 7.00. The third-order valence-corrected chi connectivity index (χ3v) is 5.88. The number of fused-ring (bicyclic) bond motifs is 1. The number of aliphatic hydroxyl groups is 1. The van der Waals surface area contributed by atoms with Gasteiger partial charge in [0.05, 0.1) is 6.10 Å². The maximum Gasteiger partial charge on any atom is 0.0812 e. The van der Waals surface area contributed by atoms with Gasteiger partial charge in [-0.2, -0.15) is 0 Å². The number of aliphatic hydroxyl groups excluding tert-OH is 1. The molecule has 3 rings (SSSR count). The molecule has 0 saturated heterocycles. The van der Waals surface area contributed by atoms with Crippen LogP contribution in [-0.4, -0.2) is 9.67 Å². The van der Waals surface area contributed by atoms with Crippen molar-refractivity contribution in [3.63, 3.8) is 0 Å². The molecule has 2 nitrogen and oxygen atoms in total. The molecular weight excluding hydrogens is 258 g/mol. The highest BCUT2D eigenvalue weighted by Gasteiger charge is 2.39. The van der Waals surface area contributed by atoms with Crippen LogP contribution in [-0.2, 0) is 6.42 Å². The Bertz CT molecular complexity index is 538. The summed E-state index contributed by atoms with van der Waals surface area (Å²) in [5, 5.41) is 10.5. The lowest BCUT2D eigenvalue weighted by Crippen LogP contribution is -2.34. The number of rotatable bonds is 1. The molecule has 1 heterocycles. The van der Waals surface area contributed by atoms with Gasteiger partial charge in [-0.1, -0.05) is 40.5 Å². The zero-order chi connectivity index (χ0) is 15.4. The Labute approximate surface area is 129 Å². The average Bonchev–Trinajstić information content (AvgIpc) is 2.65. The Morgan fingerprint density at radius 2 is 1.90 bits per heavy atom. The van der Waals surface area contributed by atoms with Gasteiger partial charge in [-0.15, -0.1) is 0 Å². The van der Waals surface area contributed by atoms with Crippen molar-refractivity contribution < 1.29 is 5.11 Å². The minimum Gasteiger partial charge on any atom is -0.388 e. The van der Waals surface area contributed by atoms with Crippen LogP contribution in [0.5, 0.6) is 0 Å². The molecule has 21 heavy (non-hydrogen) atoms. The third-order valence-electron chi connectivity index (χ3n) is 5.88. The number of hydrogen-bond donors (Lipinski definition) is 1. The summed E-state index contributed by atoms with van der Waals surface area (Å²) < 4.78 is 2.60. The SMILES string of the molecule is Cc1cc2c(n1C1CCCCC1(C)C)CC(C)(C)CC2O. The smallest absolute Gasteiger partial charge is 0.0812 e. The van der Waals surface area contributed by atoms with E-state index in [4.69, 9.17) is 0 Å². The van der Waals surface area contributed by atoms with Crippen LogP contribution in [0.3, 0.4) is 0 Å². The highest BCUT2D eigenvalue weighted by molar-refractivity contribution is 5.34. The Morgan fingerprint density at radius 3 is 2.57 bits per heavy atom. The summed E-state index contributed by atoms with van der Waals surface area (Å²) in [5.74, 6) is 0. The van der Waals surface area contributed by atoms with Crippen LogP contribution >= 0.6 is 0 Å². The van der Waals surface area contributed by atoms with E-state index in [1.54, 1.807) is 0 Å². The number of aryl methyl sites for hydroxylation is 1. The van der Waals surface area contributed by atoms with Crippen LogP contribution in [0.15, 0.2) is 6.07 Å². The second-order valence-electron chi connectivity index (χ2n) is 8.87. The predicted octanol–water partition coefficient (Wildman–Crippen LogP) is 4.94. The molecule has 0 aromatic carbocycles. The van der Waals surface area contributed by atoms with Crippen LogP contribution in [0.4, 0.5) is 0 Å². The summed E-state index contributed by atoms with van der Waals surface area (Å²) in [6.45, 7) is 11.7. The standard InChI is InChI=1S/C19H31NO/c1-13-10-14-15(11-18(2,3)12-16(14)21)20(13)17-8-6-7-9-19(17,4)5/h10,16-17,21H,6-9,11-12H2,1-5H3. The fraction of sp³-hybridized carbons (Fsp3) is 0.789. The monoisotopic (exact) mass is 289 g/mol. The van der Waals surface area contributed by atoms with Crippen molar-refractivity contribution >= 4 is 0 Å². The van der Waals surface area contributed by atoms with Gasteiger partial charge in [0, 0.05) is 23.0 Å². The molecule has 1 aromatic rings. The van der Waals surface area contributed by atoms with Gasteiger partial charge in [-0.05, 0) is 49.5 Å². The molecule has 2 heteroatoms. The number of hydrogen-bond acceptors (Lipinski definition) is 1. The quantitative estimate of drug-likeness (QED) is 0.778. The molecule has 2 aliphatic rings. The molecule has 1 fully saturated rings. The fourth-order valence-corrected chi connectivity index (χ4v) is 4.75. The van der Waals surface area contributed by atoms with Crippen molar-refractivity contribution in [3.05, 3.63) is 23.0 Å². The normalized spacial score (nSPS) is 31.0. The first kappa shape index (κ1) is 15.1. The largest absolute Gasteiger partial charge is 0.388 e. The van der Waals surface area contributed by atoms with Crippen molar-refractivity contribution in [1.29, 1.82) is 0 Å². The van der Waals surface area contributed by atoms with E-state index in [2.05, 4.69) is 45.3 Å². The maximum absolute atomic E-state index is 10.5. The lowest BCUT2D eigenvalue weighted by atomic mass is 9.72. The molecule has 0 radical (unpaired) electrons. The number of nitrogens with zero attached hydrogens (tertiary/aromatic N) is 1. The van der Waals surface area contributed by atoms with Crippen molar-refractivity contribution in [3.8, 4) is 0 Å². The maximum atomic E-state index is 10.5. The van der Waals surface area contributed by atoms with Crippen LogP contribution in [0.25, 0.3) is 0 Å².